The van der Waals surface area contributed by atoms with E-state index in [4.69, 9.17) is 4.74 Å². The molecule has 2 rings (SSSR count). The first-order chi connectivity index (χ1) is 9.60. The van der Waals surface area contributed by atoms with Gasteiger partial charge < -0.3 is 10.1 Å². The van der Waals surface area contributed by atoms with E-state index in [0.717, 1.165) is 22.1 Å². The Balaban J connectivity index is 2.19. The zero-order valence-electron chi connectivity index (χ0n) is 11.5. The highest BCUT2D eigenvalue weighted by molar-refractivity contribution is 9.10. The van der Waals surface area contributed by atoms with Crippen molar-refractivity contribution in [3.63, 3.8) is 0 Å². The van der Waals surface area contributed by atoms with Gasteiger partial charge in [-0.1, -0.05) is 35.0 Å². The molecule has 0 saturated heterocycles. The lowest BCUT2D eigenvalue weighted by Gasteiger charge is -2.11. The molecule has 0 unspecified atom stereocenters. The van der Waals surface area contributed by atoms with Gasteiger partial charge in [-0.25, -0.2) is 4.39 Å². The number of nitrogens with one attached hydrogen (secondary N) is 1. The van der Waals surface area contributed by atoms with Gasteiger partial charge in [0, 0.05) is 11.0 Å². The topological polar surface area (TPSA) is 21.3 Å². The van der Waals surface area contributed by atoms with Gasteiger partial charge in [-0.15, -0.1) is 0 Å². The first-order valence-corrected chi connectivity index (χ1v) is 7.32. The SMILES string of the molecule is CCNCc1ccc(Oc2cc(Br)ccc2C)c(F)c1. The summed E-state index contributed by atoms with van der Waals surface area (Å²) in [6.07, 6.45) is 0. The van der Waals surface area contributed by atoms with Crippen molar-refractivity contribution < 1.29 is 9.13 Å². The van der Waals surface area contributed by atoms with Gasteiger partial charge in [-0.05, 0) is 48.9 Å². The Bertz CT molecular complexity index is 601. The first kappa shape index (κ1) is 15.0. The molecule has 0 atom stereocenters. The van der Waals surface area contributed by atoms with Gasteiger partial charge in [0.25, 0.3) is 0 Å². The highest BCUT2D eigenvalue weighted by Crippen LogP contribution is 2.30. The number of ether oxygens (including phenoxy) is 1. The van der Waals surface area contributed by atoms with Gasteiger partial charge in [0.2, 0.25) is 0 Å². The predicted octanol–water partition coefficient (Wildman–Crippen LogP) is 4.80. The molecule has 2 aromatic rings. The molecule has 0 bridgehead atoms. The second kappa shape index (κ2) is 6.86. The van der Waals surface area contributed by atoms with Crippen LogP contribution in [0.1, 0.15) is 18.1 Å². The van der Waals surface area contributed by atoms with Crippen LogP contribution in [0.4, 0.5) is 4.39 Å². The molecule has 0 heterocycles. The van der Waals surface area contributed by atoms with Gasteiger partial charge in [0.05, 0.1) is 0 Å². The van der Waals surface area contributed by atoms with Crippen molar-refractivity contribution in [2.24, 2.45) is 0 Å². The smallest absolute Gasteiger partial charge is 0.166 e. The maximum absolute atomic E-state index is 14.0. The fourth-order valence-corrected chi connectivity index (χ4v) is 2.15. The van der Waals surface area contributed by atoms with Crippen LogP contribution < -0.4 is 10.1 Å². The minimum absolute atomic E-state index is 0.242. The van der Waals surface area contributed by atoms with Crippen molar-refractivity contribution in [2.45, 2.75) is 20.4 Å². The number of hydrogen-bond donors (Lipinski definition) is 1. The van der Waals surface area contributed by atoms with Crippen LogP contribution in [0.2, 0.25) is 0 Å². The molecule has 0 aromatic heterocycles. The summed E-state index contributed by atoms with van der Waals surface area (Å²) < 4.78 is 20.6. The van der Waals surface area contributed by atoms with Crippen molar-refractivity contribution in [1.29, 1.82) is 0 Å². The van der Waals surface area contributed by atoms with Gasteiger partial charge in [0.1, 0.15) is 5.75 Å². The Morgan fingerprint density at radius 1 is 1.15 bits per heavy atom. The largest absolute Gasteiger partial charge is 0.454 e. The summed E-state index contributed by atoms with van der Waals surface area (Å²) in [7, 11) is 0. The maximum Gasteiger partial charge on any atom is 0.166 e. The van der Waals surface area contributed by atoms with Gasteiger partial charge >= 0.3 is 0 Å². The summed E-state index contributed by atoms with van der Waals surface area (Å²) in [5, 5.41) is 3.16. The molecule has 106 valence electrons. The first-order valence-electron chi connectivity index (χ1n) is 6.53. The molecule has 0 spiro atoms. The van der Waals surface area contributed by atoms with E-state index in [1.807, 2.05) is 38.1 Å². The molecule has 20 heavy (non-hydrogen) atoms. The number of benzene rings is 2. The number of halogens is 2. The number of hydrogen-bond acceptors (Lipinski definition) is 2. The Labute approximate surface area is 127 Å². The summed E-state index contributed by atoms with van der Waals surface area (Å²) in [5.41, 5.74) is 1.87. The molecule has 0 fully saturated rings. The molecule has 0 saturated carbocycles. The maximum atomic E-state index is 14.0. The summed E-state index contributed by atoms with van der Waals surface area (Å²) in [6, 6.07) is 10.7. The van der Waals surface area contributed by atoms with E-state index in [0.29, 0.717) is 12.3 Å². The van der Waals surface area contributed by atoms with Crippen molar-refractivity contribution in [2.75, 3.05) is 6.54 Å². The average Bonchev–Trinajstić information content (AvgIpc) is 2.43. The molecule has 0 radical (unpaired) electrons. The fraction of sp³-hybridized carbons (Fsp3) is 0.250. The van der Waals surface area contributed by atoms with Crippen LogP contribution in [0.15, 0.2) is 40.9 Å². The molecular formula is C16H17BrFNO. The summed E-state index contributed by atoms with van der Waals surface area (Å²) in [6.45, 7) is 5.46. The van der Waals surface area contributed by atoms with Crippen molar-refractivity contribution in [3.8, 4) is 11.5 Å². The third-order valence-corrected chi connectivity index (χ3v) is 3.44. The standard InChI is InChI=1S/C16H17BrFNO/c1-3-19-10-12-5-7-15(14(18)8-12)20-16-9-13(17)6-4-11(16)2/h4-9,19H,3,10H2,1-2H3. The third kappa shape index (κ3) is 3.81. The lowest BCUT2D eigenvalue weighted by Crippen LogP contribution is -2.11. The van der Waals surface area contributed by atoms with Crippen LogP contribution in [-0.4, -0.2) is 6.54 Å². The van der Waals surface area contributed by atoms with E-state index >= 15 is 0 Å². The number of aryl methyl sites for hydroxylation is 1. The van der Waals surface area contributed by atoms with Crippen molar-refractivity contribution >= 4 is 15.9 Å². The van der Waals surface area contributed by atoms with Crippen LogP contribution in [0, 0.1) is 12.7 Å². The Morgan fingerprint density at radius 3 is 2.65 bits per heavy atom. The highest BCUT2D eigenvalue weighted by Gasteiger charge is 2.08. The van der Waals surface area contributed by atoms with Crippen molar-refractivity contribution in [1.82, 2.24) is 5.32 Å². The molecule has 1 N–H and O–H groups in total. The monoisotopic (exact) mass is 337 g/mol. The van der Waals surface area contributed by atoms with Crippen LogP contribution in [0.25, 0.3) is 0 Å². The minimum atomic E-state index is -0.347. The normalized spacial score (nSPS) is 10.6. The Hall–Kier alpha value is -1.39. The van der Waals surface area contributed by atoms with Gasteiger partial charge in [-0.2, -0.15) is 0 Å². The van der Waals surface area contributed by atoms with Crippen LogP contribution in [0.5, 0.6) is 11.5 Å². The van der Waals surface area contributed by atoms with E-state index in [1.54, 1.807) is 6.07 Å². The molecule has 0 aliphatic carbocycles. The summed E-state index contributed by atoms with van der Waals surface area (Å²) in [5.74, 6) is 0.545. The molecule has 0 aliphatic heterocycles. The number of rotatable bonds is 5. The lowest BCUT2D eigenvalue weighted by atomic mass is 10.2. The van der Waals surface area contributed by atoms with E-state index in [9.17, 15) is 4.39 Å². The van der Waals surface area contributed by atoms with E-state index in [1.165, 1.54) is 6.07 Å². The van der Waals surface area contributed by atoms with Crippen LogP contribution in [0.3, 0.4) is 0 Å². The quantitative estimate of drug-likeness (QED) is 0.846. The second-order valence-electron chi connectivity index (χ2n) is 4.56. The molecule has 2 aromatic carbocycles. The zero-order chi connectivity index (χ0) is 14.5. The Kier molecular flexibility index (Phi) is 5.15. The fourth-order valence-electron chi connectivity index (χ4n) is 1.81. The molecular weight excluding hydrogens is 321 g/mol. The average molecular weight is 338 g/mol. The highest BCUT2D eigenvalue weighted by atomic mass is 79.9. The summed E-state index contributed by atoms with van der Waals surface area (Å²) >= 11 is 3.39. The van der Waals surface area contributed by atoms with Crippen LogP contribution >= 0.6 is 15.9 Å². The summed E-state index contributed by atoms with van der Waals surface area (Å²) in [4.78, 5) is 0. The molecule has 4 heteroatoms. The van der Waals surface area contributed by atoms with Crippen molar-refractivity contribution in [3.05, 3.63) is 57.8 Å². The molecule has 2 nitrogen and oxygen atoms in total. The lowest BCUT2D eigenvalue weighted by molar-refractivity contribution is 0.438. The zero-order valence-corrected chi connectivity index (χ0v) is 13.1. The minimum Gasteiger partial charge on any atom is -0.454 e. The second-order valence-corrected chi connectivity index (χ2v) is 5.47. The predicted molar refractivity (Wildman–Crippen MR) is 82.7 cm³/mol. The third-order valence-electron chi connectivity index (χ3n) is 2.95. The van der Waals surface area contributed by atoms with E-state index in [2.05, 4.69) is 21.2 Å². The molecule has 0 aliphatic rings. The van der Waals surface area contributed by atoms with Crippen LogP contribution in [-0.2, 0) is 6.54 Å². The Morgan fingerprint density at radius 2 is 1.95 bits per heavy atom. The molecule has 0 amide bonds. The van der Waals surface area contributed by atoms with Gasteiger partial charge in [0.15, 0.2) is 11.6 Å². The van der Waals surface area contributed by atoms with E-state index < -0.39 is 0 Å². The van der Waals surface area contributed by atoms with Gasteiger partial charge in [-0.3, -0.25) is 0 Å². The van der Waals surface area contributed by atoms with E-state index in [-0.39, 0.29) is 11.6 Å².